The van der Waals surface area contributed by atoms with Gasteiger partial charge in [-0.1, -0.05) is 72.8 Å². The van der Waals surface area contributed by atoms with Gasteiger partial charge in [0.2, 0.25) is 33.7 Å². The van der Waals surface area contributed by atoms with E-state index >= 15 is 0 Å². The largest absolute Gasteiger partial charge is 0.368 e. The zero-order chi connectivity index (χ0) is 41.6. The Hall–Kier alpha value is -5.49. The number of Topliss-reactive ketones (excluding diaryl/α,β-unsaturated/α-hetero) is 1. The van der Waals surface area contributed by atoms with Crippen LogP contribution >= 0.6 is 0 Å². The fourth-order valence-electron chi connectivity index (χ4n) is 6.03. The molecule has 0 fully saturated rings. The van der Waals surface area contributed by atoms with Crippen molar-refractivity contribution in [1.82, 2.24) is 36.0 Å². The number of rotatable bonds is 23. The lowest BCUT2D eigenvalue weighted by atomic mass is 9.99. The van der Waals surface area contributed by atoms with Crippen molar-refractivity contribution >= 4 is 50.2 Å². The molecule has 4 rings (SSSR count). The number of nitrogens with two attached hydrogens (primary N) is 2. The van der Waals surface area contributed by atoms with Crippen LogP contribution in [0.5, 0.6) is 0 Å². The summed E-state index contributed by atoms with van der Waals surface area (Å²) in [6.45, 7) is 2.87. The summed E-state index contributed by atoms with van der Waals surface area (Å²) < 4.78 is 25.2. The molecule has 57 heavy (non-hydrogen) atoms. The summed E-state index contributed by atoms with van der Waals surface area (Å²) in [6, 6.07) is 18.2. The Labute approximate surface area is 332 Å². The Bertz CT molecular complexity index is 2090. The number of unbranched alkanes of at least 4 members (excludes halogenated alkanes) is 1. The Balaban J connectivity index is 1.57. The zero-order valence-electron chi connectivity index (χ0n) is 32.4. The van der Waals surface area contributed by atoms with Crippen LogP contribution in [-0.4, -0.2) is 96.8 Å². The molecule has 0 aliphatic rings. The Morgan fingerprint density at radius 3 is 2.07 bits per heavy atom. The first-order chi connectivity index (χ1) is 27.0. The lowest BCUT2D eigenvalue weighted by molar-refractivity contribution is -0.132. The summed E-state index contributed by atoms with van der Waals surface area (Å²) in [6.07, 6.45) is 5.25. The normalized spacial score (nSPS) is 13.9. The van der Waals surface area contributed by atoms with E-state index in [0.717, 1.165) is 28.2 Å². The molecule has 4 aromatic rings. The van der Waals surface area contributed by atoms with E-state index in [4.69, 9.17) is 11.5 Å². The second kappa shape index (κ2) is 20.6. The van der Waals surface area contributed by atoms with Gasteiger partial charge in [-0.25, -0.2) is 18.1 Å². The second-order valence-electron chi connectivity index (χ2n) is 14.7. The van der Waals surface area contributed by atoms with Crippen molar-refractivity contribution < 1.29 is 32.4 Å². The molecule has 3 aromatic carbocycles. The van der Waals surface area contributed by atoms with E-state index in [9.17, 15) is 32.4 Å². The molecular formula is C40H53N9O7S. The maximum absolute atomic E-state index is 14.3. The summed E-state index contributed by atoms with van der Waals surface area (Å²) in [5.41, 5.74) is 12.5. The predicted octanol–water partition coefficient (Wildman–Crippen LogP) is 0.515. The third-order valence-electron chi connectivity index (χ3n) is 9.21. The number of primary amides is 1. The van der Waals surface area contributed by atoms with Crippen LogP contribution in [0.25, 0.3) is 10.8 Å². The third kappa shape index (κ3) is 14.8. The molecule has 306 valence electrons. The van der Waals surface area contributed by atoms with Crippen LogP contribution in [0, 0.1) is 0 Å². The van der Waals surface area contributed by atoms with E-state index in [-0.39, 0.29) is 38.8 Å². The fourth-order valence-corrected chi connectivity index (χ4v) is 6.55. The number of hydrogen-bond acceptors (Lipinski definition) is 10. The molecular weight excluding hydrogens is 751 g/mol. The van der Waals surface area contributed by atoms with E-state index in [2.05, 4.69) is 36.0 Å². The van der Waals surface area contributed by atoms with E-state index in [1.165, 1.54) is 20.2 Å². The van der Waals surface area contributed by atoms with Crippen molar-refractivity contribution in [3.8, 4) is 0 Å². The standard InChI is InChI=1S/C40H53N9O7S/c1-40(2,42)39(54)49-32(22-30-23-43-25-45-30)35(50)24-44-33(21-27-16-17-28-13-7-8-14-29(28)19-27)37(52)48-34(20-26-11-5-4-6-12-26)38(53)47-31(36(41)51)15-9-10-18-46-57(3,55)56/h4-8,11-14,16-17,19,23,25,31-34,44,46H,9-10,15,18,20-22,24,42H2,1-3H3,(H2,41,51)(H,43,45)(H,47,53)(H,48,52)(H,49,54)/t31-,32-,33+,34+/m0/s1. The minimum atomic E-state index is -3.38. The highest BCUT2D eigenvalue weighted by Gasteiger charge is 2.32. The average molecular weight is 804 g/mol. The van der Waals surface area contributed by atoms with Crippen molar-refractivity contribution in [2.75, 3.05) is 19.3 Å². The predicted molar refractivity (Wildman–Crippen MR) is 217 cm³/mol. The topological polar surface area (TPSA) is 260 Å². The molecule has 0 bridgehead atoms. The van der Waals surface area contributed by atoms with Crippen molar-refractivity contribution in [2.45, 2.75) is 82.1 Å². The molecule has 1 aromatic heterocycles. The van der Waals surface area contributed by atoms with Crippen LogP contribution in [0.3, 0.4) is 0 Å². The number of aromatic nitrogens is 2. The average Bonchev–Trinajstić information content (AvgIpc) is 3.67. The van der Waals surface area contributed by atoms with Gasteiger partial charge in [-0.3, -0.25) is 29.3 Å². The first kappa shape index (κ1) is 44.2. The second-order valence-corrected chi connectivity index (χ2v) is 16.5. The molecule has 16 nitrogen and oxygen atoms in total. The van der Waals surface area contributed by atoms with E-state index in [0.29, 0.717) is 18.5 Å². The Morgan fingerprint density at radius 1 is 0.772 bits per heavy atom. The number of H-pyrrole nitrogens is 1. The number of sulfonamides is 1. The van der Waals surface area contributed by atoms with E-state index < -0.39 is 69.1 Å². The molecule has 1 heterocycles. The number of carbonyl (C=O) groups is 5. The molecule has 0 spiro atoms. The number of nitrogens with zero attached hydrogens (tertiary/aromatic N) is 1. The van der Waals surface area contributed by atoms with Crippen LogP contribution < -0.4 is 37.5 Å². The number of ketones is 1. The van der Waals surface area contributed by atoms with Crippen LogP contribution in [0.15, 0.2) is 85.3 Å². The number of benzene rings is 3. The van der Waals surface area contributed by atoms with Gasteiger partial charge < -0.3 is 32.4 Å². The number of aromatic amines is 1. The molecule has 0 saturated carbocycles. The van der Waals surface area contributed by atoms with Gasteiger partial charge in [0.15, 0.2) is 5.78 Å². The molecule has 17 heteroatoms. The summed E-state index contributed by atoms with van der Waals surface area (Å²) in [4.78, 5) is 74.2. The number of nitrogens with one attached hydrogen (secondary N) is 6. The maximum Gasteiger partial charge on any atom is 0.243 e. The van der Waals surface area contributed by atoms with Crippen molar-refractivity contribution in [1.29, 1.82) is 0 Å². The molecule has 0 unspecified atom stereocenters. The summed E-state index contributed by atoms with van der Waals surface area (Å²) >= 11 is 0. The third-order valence-corrected chi connectivity index (χ3v) is 9.94. The van der Waals surface area contributed by atoms with Gasteiger partial charge in [0.05, 0.1) is 36.8 Å². The van der Waals surface area contributed by atoms with E-state index in [1.54, 1.807) is 30.5 Å². The molecule has 4 amide bonds. The van der Waals surface area contributed by atoms with Gasteiger partial charge in [0, 0.05) is 31.3 Å². The van der Waals surface area contributed by atoms with Crippen LogP contribution in [0.4, 0.5) is 0 Å². The van der Waals surface area contributed by atoms with Crippen LogP contribution in [0.1, 0.15) is 49.9 Å². The minimum Gasteiger partial charge on any atom is -0.368 e. The summed E-state index contributed by atoms with van der Waals surface area (Å²) in [5.74, 6) is -2.99. The quantitative estimate of drug-likeness (QED) is 0.0482. The van der Waals surface area contributed by atoms with Crippen molar-refractivity contribution in [3.63, 3.8) is 0 Å². The van der Waals surface area contributed by atoms with Crippen molar-refractivity contribution in [2.24, 2.45) is 11.5 Å². The fraction of sp³-hybridized carbons (Fsp3) is 0.400. The highest BCUT2D eigenvalue weighted by atomic mass is 32.2. The van der Waals surface area contributed by atoms with Gasteiger partial charge in [-0.15, -0.1) is 0 Å². The van der Waals surface area contributed by atoms with E-state index in [1.807, 2.05) is 48.5 Å². The maximum atomic E-state index is 14.3. The number of hydrogen-bond donors (Lipinski definition) is 8. The number of fused-ring (bicyclic) bond motifs is 1. The van der Waals surface area contributed by atoms with Gasteiger partial charge in [-0.05, 0) is 61.4 Å². The van der Waals surface area contributed by atoms with Gasteiger partial charge in [0.1, 0.15) is 12.1 Å². The first-order valence-corrected chi connectivity index (χ1v) is 20.6. The van der Waals surface area contributed by atoms with Gasteiger partial charge in [0.25, 0.3) is 0 Å². The van der Waals surface area contributed by atoms with Gasteiger partial charge in [-0.2, -0.15) is 0 Å². The molecule has 10 N–H and O–H groups in total. The molecule has 0 aliphatic heterocycles. The van der Waals surface area contributed by atoms with Crippen LogP contribution in [0.2, 0.25) is 0 Å². The highest BCUT2D eigenvalue weighted by molar-refractivity contribution is 7.88. The van der Waals surface area contributed by atoms with Gasteiger partial charge >= 0.3 is 0 Å². The van der Waals surface area contributed by atoms with Crippen molar-refractivity contribution in [3.05, 3.63) is 102 Å². The number of amides is 4. The Morgan fingerprint density at radius 2 is 1.42 bits per heavy atom. The minimum absolute atomic E-state index is 0.0664. The zero-order valence-corrected chi connectivity index (χ0v) is 33.2. The first-order valence-electron chi connectivity index (χ1n) is 18.7. The molecule has 0 saturated heterocycles. The number of carbonyl (C=O) groups excluding carboxylic acids is 5. The molecule has 0 aliphatic carbocycles. The molecule has 4 atom stereocenters. The SMILES string of the molecule is CC(C)(N)C(=O)N[C@@H](Cc1cnc[nH]1)C(=O)CN[C@H](Cc1ccc2ccccc2c1)C(=O)N[C@H](Cc1ccccc1)C(=O)N[C@@H](CCCCNS(C)(=O)=O)C(N)=O. The molecule has 0 radical (unpaired) electrons. The lowest BCUT2D eigenvalue weighted by Crippen LogP contribution is -2.58. The smallest absolute Gasteiger partial charge is 0.243 e. The highest BCUT2D eigenvalue weighted by Crippen LogP contribution is 2.17. The number of imidazole rings is 1. The summed E-state index contributed by atoms with van der Waals surface area (Å²) in [7, 11) is -3.38. The lowest BCUT2D eigenvalue weighted by Gasteiger charge is -2.26. The summed E-state index contributed by atoms with van der Waals surface area (Å²) in [5, 5.41) is 13.3. The Kier molecular flexibility index (Phi) is 16.0. The monoisotopic (exact) mass is 803 g/mol. The van der Waals surface area contributed by atoms with Crippen LogP contribution in [-0.2, 0) is 53.3 Å².